The van der Waals surface area contributed by atoms with Gasteiger partial charge in [0.25, 0.3) is 11.8 Å². The van der Waals surface area contributed by atoms with Crippen molar-refractivity contribution < 1.29 is 46.1 Å². The third kappa shape index (κ3) is 4.22. The Kier molecular flexibility index (Phi) is 6.63. The van der Waals surface area contributed by atoms with Crippen LogP contribution < -0.4 is 15.2 Å². The molecule has 1 saturated heterocycles. The maximum absolute atomic E-state index is 16.1. The number of alkyl halides is 2. The second-order valence-corrected chi connectivity index (χ2v) is 12.2. The van der Waals surface area contributed by atoms with E-state index in [0.29, 0.717) is 16.7 Å². The number of aromatic nitrogens is 1. The van der Waals surface area contributed by atoms with Gasteiger partial charge in [-0.25, -0.2) is 22.4 Å². The minimum absolute atomic E-state index is 0.00536. The lowest BCUT2D eigenvalue weighted by atomic mass is 9.81. The van der Waals surface area contributed by atoms with Gasteiger partial charge in [0.15, 0.2) is 17.3 Å². The molecule has 2 aromatic heterocycles. The number of halogens is 4. The van der Waals surface area contributed by atoms with E-state index in [0.717, 1.165) is 30.6 Å². The zero-order chi connectivity index (χ0) is 32.8. The molecule has 2 atom stereocenters. The maximum atomic E-state index is 16.1. The van der Waals surface area contributed by atoms with Gasteiger partial charge < -0.3 is 23.8 Å². The van der Waals surface area contributed by atoms with Crippen molar-refractivity contribution >= 4 is 23.4 Å². The summed E-state index contributed by atoms with van der Waals surface area (Å²) in [7, 11) is 1.09. The van der Waals surface area contributed by atoms with Crippen LogP contribution in [0.15, 0.2) is 52.8 Å². The Morgan fingerprint density at radius 3 is 2.70 bits per heavy atom. The van der Waals surface area contributed by atoms with Crippen LogP contribution >= 0.6 is 11.3 Å². The second-order valence-electron chi connectivity index (χ2n) is 11.3. The first-order chi connectivity index (χ1) is 22.6. The highest BCUT2D eigenvalue weighted by atomic mass is 32.1. The van der Waals surface area contributed by atoms with Crippen molar-refractivity contribution in [3.8, 4) is 27.3 Å². The number of methoxy groups -OCH3 is 1. The summed E-state index contributed by atoms with van der Waals surface area (Å²) in [6.07, 6.45) is -1.16. The summed E-state index contributed by atoms with van der Waals surface area (Å²) in [6.45, 7) is -0.477. The molecule has 2 aromatic carbocycles. The van der Waals surface area contributed by atoms with Crippen molar-refractivity contribution in [1.82, 2.24) is 9.58 Å². The lowest BCUT2D eigenvalue weighted by molar-refractivity contribution is -0.0208. The van der Waals surface area contributed by atoms with Gasteiger partial charge in [-0.3, -0.25) is 19.3 Å². The molecule has 8 rings (SSSR count). The minimum atomic E-state index is -3.25. The lowest BCUT2D eigenvalue weighted by Gasteiger charge is -2.51. The summed E-state index contributed by atoms with van der Waals surface area (Å²) >= 11 is 0.916. The van der Waals surface area contributed by atoms with Crippen molar-refractivity contribution in [2.24, 2.45) is 0 Å². The van der Waals surface area contributed by atoms with Gasteiger partial charge >= 0.3 is 6.16 Å². The molecule has 0 bridgehead atoms. The van der Waals surface area contributed by atoms with Crippen LogP contribution in [0, 0.1) is 11.6 Å². The second kappa shape index (κ2) is 10.6. The molecule has 0 spiro atoms. The molecule has 0 saturated carbocycles. The number of amides is 1. The molecule has 242 valence electrons. The topological polar surface area (TPSA) is 99.5 Å². The Morgan fingerprint density at radius 1 is 1.09 bits per heavy atom. The van der Waals surface area contributed by atoms with E-state index in [1.807, 2.05) is 0 Å². The summed E-state index contributed by atoms with van der Waals surface area (Å²) in [5, 5.41) is 2.99. The first-order valence-electron chi connectivity index (χ1n) is 14.5. The molecule has 0 N–H and O–H groups in total. The summed E-state index contributed by atoms with van der Waals surface area (Å²) in [5.74, 6) is -6.62. The van der Waals surface area contributed by atoms with Gasteiger partial charge in [0, 0.05) is 52.2 Å². The average molecular weight is 670 g/mol. The molecule has 4 aromatic rings. The largest absolute Gasteiger partial charge is 0.510 e. The average Bonchev–Trinajstić information content (AvgIpc) is 3.46. The van der Waals surface area contributed by atoms with Crippen LogP contribution in [0.25, 0.3) is 21.6 Å². The number of nitrogens with zero attached hydrogens (tertiary/aromatic N) is 3. The van der Waals surface area contributed by atoms with Crippen LogP contribution in [0.2, 0.25) is 0 Å². The number of rotatable bonds is 4. The van der Waals surface area contributed by atoms with Crippen molar-refractivity contribution in [2.75, 3.05) is 38.7 Å². The van der Waals surface area contributed by atoms with Crippen molar-refractivity contribution in [2.45, 2.75) is 24.6 Å². The van der Waals surface area contributed by atoms with Gasteiger partial charge in [-0.2, -0.15) is 0 Å². The van der Waals surface area contributed by atoms with Crippen molar-refractivity contribution in [3.63, 3.8) is 0 Å². The fourth-order valence-electron chi connectivity index (χ4n) is 7.03. The molecule has 4 heterocycles. The number of pyridine rings is 1. The summed E-state index contributed by atoms with van der Waals surface area (Å²) in [5.41, 5.74) is 0.337. The highest BCUT2D eigenvalue weighted by Gasteiger charge is 2.50. The van der Waals surface area contributed by atoms with E-state index in [-0.39, 0.29) is 52.6 Å². The van der Waals surface area contributed by atoms with Gasteiger partial charge in [-0.1, -0.05) is 24.3 Å². The number of hydrogen-bond acceptors (Lipinski definition) is 9. The predicted molar refractivity (Wildman–Crippen MR) is 158 cm³/mol. The zero-order valence-electron chi connectivity index (χ0n) is 24.4. The van der Waals surface area contributed by atoms with Crippen LogP contribution in [0.4, 0.5) is 22.4 Å². The van der Waals surface area contributed by atoms with E-state index >= 15 is 17.6 Å². The zero-order valence-corrected chi connectivity index (χ0v) is 25.2. The Hall–Kier alpha value is -4.89. The number of fused-ring (bicyclic) bond motifs is 4. The van der Waals surface area contributed by atoms with Gasteiger partial charge in [0.1, 0.15) is 6.17 Å². The third-order valence-electron chi connectivity index (χ3n) is 8.94. The molecule has 1 amide bonds. The molecule has 15 heteroatoms. The van der Waals surface area contributed by atoms with Crippen LogP contribution in [0.5, 0.6) is 5.75 Å². The van der Waals surface area contributed by atoms with E-state index in [1.165, 1.54) is 27.2 Å². The standard InChI is InChI=1S/C32H23F4N3O7S/c1-43-31(42)46-14-45-28-20(40)7-8-38-27(28)30(41)37-9-10-44-12-21(37)39(38)26-16-4-2-3-15-11-32(35,36)18-13-47-29(24(18)22(15)16)23-17(26)5-6-19(33)25(23)34/h2-8,13,21,26H,9-12,14H2,1H3. The molecule has 1 fully saturated rings. The Labute approximate surface area is 267 Å². The maximum Gasteiger partial charge on any atom is 0.510 e. The first kappa shape index (κ1) is 29.5. The molecule has 4 aliphatic rings. The summed E-state index contributed by atoms with van der Waals surface area (Å²) in [6, 6.07) is 7.49. The van der Waals surface area contributed by atoms with Gasteiger partial charge in [-0.15, -0.1) is 11.3 Å². The smallest absolute Gasteiger partial charge is 0.451 e. The van der Waals surface area contributed by atoms with Crippen LogP contribution in [-0.4, -0.2) is 61.5 Å². The number of morpholine rings is 1. The number of thiophene rings is 1. The Morgan fingerprint density at radius 2 is 1.89 bits per heavy atom. The predicted octanol–water partition coefficient (Wildman–Crippen LogP) is 5.14. The number of benzene rings is 2. The van der Waals surface area contributed by atoms with Crippen molar-refractivity contribution in [3.05, 3.63) is 97.8 Å². The molecule has 2 aliphatic heterocycles. The number of carbonyl (C=O) groups is 2. The van der Waals surface area contributed by atoms with Gasteiger partial charge in [-0.05, 0) is 28.3 Å². The molecular formula is C32H23F4N3O7S. The highest BCUT2D eigenvalue weighted by molar-refractivity contribution is 7.14. The van der Waals surface area contributed by atoms with E-state index < -0.39 is 66.2 Å². The quantitative estimate of drug-likeness (QED) is 0.167. The van der Waals surface area contributed by atoms with E-state index in [1.54, 1.807) is 23.2 Å². The third-order valence-corrected chi connectivity index (χ3v) is 9.94. The van der Waals surface area contributed by atoms with Crippen molar-refractivity contribution in [1.29, 1.82) is 0 Å². The first-order valence-corrected chi connectivity index (χ1v) is 15.4. The fourth-order valence-corrected chi connectivity index (χ4v) is 8.21. The van der Waals surface area contributed by atoms with Gasteiger partial charge in [0.2, 0.25) is 18.0 Å². The number of carbonyl (C=O) groups excluding carboxylic acids is 2. The minimum Gasteiger partial charge on any atom is -0.451 e. The lowest BCUT2D eigenvalue weighted by Crippen LogP contribution is -2.66. The normalized spacial score (nSPS) is 20.0. The molecule has 0 radical (unpaired) electrons. The molecule has 2 unspecified atom stereocenters. The molecule has 47 heavy (non-hydrogen) atoms. The molecule has 2 aliphatic carbocycles. The van der Waals surface area contributed by atoms with Gasteiger partial charge in [0.05, 0.1) is 26.4 Å². The van der Waals surface area contributed by atoms with E-state index in [2.05, 4.69) is 4.74 Å². The Balaban J connectivity index is 1.42. The Bertz CT molecular complexity index is 2060. The van der Waals surface area contributed by atoms with E-state index in [9.17, 15) is 14.4 Å². The van der Waals surface area contributed by atoms with Crippen LogP contribution in [0.3, 0.4) is 0 Å². The van der Waals surface area contributed by atoms with E-state index in [4.69, 9.17) is 14.2 Å². The molecular weight excluding hydrogens is 646 g/mol. The summed E-state index contributed by atoms with van der Waals surface area (Å²) < 4.78 is 84.3. The molecule has 10 nitrogen and oxygen atoms in total. The number of hydrogen-bond donors (Lipinski definition) is 0. The highest BCUT2D eigenvalue weighted by Crippen LogP contribution is 2.58. The SMILES string of the molecule is COC(=O)OCOc1c2n(ccc1=O)N(C1c3cccc4c3-c3c(csc3-c3c1ccc(F)c3F)C(F)(F)C4)C1COCCN1C2=O. The monoisotopic (exact) mass is 669 g/mol. The summed E-state index contributed by atoms with van der Waals surface area (Å²) in [4.78, 5) is 40.4. The van der Waals surface area contributed by atoms with Crippen LogP contribution in [0.1, 0.15) is 38.8 Å². The number of ether oxygens (including phenoxy) is 4. The van der Waals surface area contributed by atoms with Crippen LogP contribution in [-0.2, 0) is 26.6 Å². The fraction of sp³-hybridized carbons (Fsp3) is 0.281.